The highest BCUT2D eigenvalue weighted by molar-refractivity contribution is 7.89. The number of hydrogen-bond donors (Lipinski definition) is 1. The van der Waals surface area contributed by atoms with Crippen LogP contribution in [0.2, 0.25) is 0 Å². The first-order chi connectivity index (χ1) is 16.2. The fourth-order valence-electron chi connectivity index (χ4n) is 4.94. The summed E-state index contributed by atoms with van der Waals surface area (Å²) in [4.78, 5) is 28.2. The van der Waals surface area contributed by atoms with E-state index in [0.29, 0.717) is 51.2 Å². The lowest BCUT2D eigenvalue weighted by Gasteiger charge is -2.38. The number of nitrogens with zero attached hydrogens (tertiary/aromatic N) is 2. The molecule has 2 aliphatic heterocycles. The van der Waals surface area contributed by atoms with Crippen LogP contribution >= 0.6 is 11.3 Å². The molecule has 2 fully saturated rings. The molecule has 0 bridgehead atoms. The molecule has 3 heterocycles. The van der Waals surface area contributed by atoms with Crippen molar-refractivity contribution >= 4 is 33.2 Å². The third kappa shape index (κ3) is 5.29. The minimum absolute atomic E-state index is 0.0630. The number of carbonyl (C=O) groups excluding carboxylic acids is 2. The number of thiophene rings is 1. The molecule has 4 rings (SSSR count). The molecule has 1 aromatic heterocycles. The number of piperidine rings is 1. The summed E-state index contributed by atoms with van der Waals surface area (Å²) in [6, 6.07) is 9.86. The predicted molar refractivity (Wildman–Crippen MR) is 130 cm³/mol. The van der Waals surface area contributed by atoms with Gasteiger partial charge in [0.25, 0.3) is 0 Å². The highest BCUT2D eigenvalue weighted by Crippen LogP contribution is 2.41. The molecule has 2 aliphatic rings. The standard InChI is InChI=1S/C24H31N3O5S2/c1-18(28)25-22(16-20-6-4-14-33-20)23(29)26-11-8-24(17-26)9-12-27(13-10-24)34(30,31)21-7-3-5-19(15-21)32-2/h3-7,14-15,22H,8-13,16-17H2,1-2H3,(H,25,28). The van der Waals surface area contributed by atoms with Crippen LogP contribution in [0.15, 0.2) is 46.7 Å². The Morgan fingerprint density at radius 2 is 1.88 bits per heavy atom. The fraction of sp³-hybridized carbons (Fsp3) is 0.500. The van der Waals surface area contributed by atoms with Crippen LogP contribution in [0, 0.1) is 5.41 Å². The SMILES string of the molecule is COc1cccc(S(=O)(=O)N2CCC3(CCN(C(=O)C(Cc4cccs4)NC(C)=O)C3)CC2)c1. The number of likely N-dealkylation sites (tertiary alicyclic amines) is 1. The van der Waals surface area contributed by atoms with E-state index >= 15 is 0 Å². The molecule has 2 saturated heterocycles. The van der Waals surface area contributed by atoms with Crippen molar-refractivity contribution in [1.82, 2.24) is 14.5 Å². The monoisotopic (exact) mass is 505 g/mol. The van der Waals surface area contributed by atoms with Gasteiger partial charge in [-0.05, 0) is 48.3 Å². The zero-order valence-corrected chi connectivity index (χ0v) is 21.2. The summed E-state index contributed by atoms with van der Waals surface area (Å²) in [5.74, 6) is 0.225. The Kier molecular flexibility index (Phi) is 7.30. The van der Waals surface area contributed by atoms with Gasteiger partial charge >= 0.3 is 0 Å². The van der Waals surface area contributed by atoms with Crippen LogP contribution in [0.5, 0.6) is 5.75 Å². The number of benzene rings is 1. The number of hydrogen-bond acceptors (Lipinski definition) is 6. The van der Waals surface area contributed by atoms with Crippen LogP contribution in [-0.2, 0) is 26.0 Å². The summed E-state index contributed by atoms with van der Waals surface area (Å²) < 4.78 is 33.0. The second-order valence-corrected chi connectivity index (χ2v) is 12.1. The van der Waals surface area contributed by atoms with E-state index in [-0.39, 0.29) is 22.1 Å². The molecule has 0 radical (unpaired) electrons. The van der Waals surface area contributed by atoms with Gasteiger partial charge in [0.2, 0.25) is 21.8 Å². The Labute approximate surface area is 204 Å². The fourth-order valence-corrected chi connectivity index (χ4v) is 7.17. The van der Waals surface area contributed by atoms with E-state index < -0.39 is 16.1 Å². The number of rotatable bonds is 7. The smallest absolute Gasteiger partial charge is 0.245 e. The summed E-state index contributed by atoms with van der Waals surface area (Å²) in [5.41, 5.74) is -0.0836. The molecular formula is C24H31N3O5S2. The molecular weight excluding hydrogens is 474 g/mol. The lowest BCUT2D eigenvalue weighted by molar-refractivity contribution is -0.135. The first-order valence-electron chi connectivity index (χ1n) is 11.4. The minimum atomic E-state index is -3.60. The van der Waals surface area contributed by atoms with Crippen molar-refractivity contribution in [3.8, 4) is 5.75 Å². The van der Waals surface area contributed by atoms with Crippen molar-refractivity contribution in [2.24, 2.45) is 5.41 Å². The van der Waals surface area contributed by atoms with Gasteiger partial charge in [0, 0.05) is 50.5 Å². The van der Waals surface area contributed by atoms with Crippen molar-refractivity contribution in [3.63, 3.8) is 0 Å². The number of nitrogens with one attached hydrogen (secondary N) is 1. The van der Waals surface area contributed by atoms with E-state index in [9.17, 15) is 18.0 Å². The van der Waals surface area contributed by atoms with Crippen molar-refractivity contribution in [3.05, 3.63) is 46.7 Å². The molecule has 1 unspecified atom stereocenters. The van der Waals surface area contributed by atoms with Gasteiger partial charge in [0.1, 0.15) is 11.8 Å². The molecule has 1 spiro atoms. The van der Waals surface area contributed by atoms with Crippen molar-refractivity contribution in [2.45, 2.75) is 43.5 Å². The summed E-state index contributed by atoms with van der Waals surface area (Å²) in [5, 5.41) is 4.78. The van der Waals surface area contributed by atoms with Crippen molar-refractivity contribution in [2.75, 3.05) is 33.3 Å². The molecule has 2 aromatic rings. The Bertz CT molecular complexity index is 1130. The van der Waals surface area contributed by atoms with E-state index in [2.05, 4.69) is 5.32 Å². The third-order valence-electron chi connectivity index (χ3n) is 6.87. The highest BCUT2D eigenvalue weighted by atomic mass is 32.2. The number of methoxy groups -OCH3 is 1. The van der Waals surface area contributed by atoms with Gasteiger partial charge in [0.05, 0.1) is 12.0 Å². The predicted octanol–water partition coefficient (Wildman–Crippen LogP) is 2.51. The maximum atomic E-state index is 13.3. The quantitative estimate of drug-likeness (QED) is 0.624. The van der Waals surface area contributed by atoms with Crippen LogP contribution < -0.4 is 10.1 Å². The van der Waals surface area contributed by atoms with Crippen molar-refractivity contribution in [1.29, 1.82) is 0 Å². The van der Waals surface area contributed by atoms with E-state index in [1.54, 1.807) is 35.6 Å². The first-order valence-corrected chi connectivity index (χ1v) is 13.8. The summed E-state index contributed by atoms with van der Waals surface area (Å²) in [7, 11) is -2.09. The Morgan fingerprint density at radius 1 is 1.15 bits per heavy atom. The van der Waals surface area contributed by atoms with E-state index in [0.717, 1.165) is 11.3 Å². The van der Waals surface area contributed by atoms with Crippen LogP contribution in [0.25, 0.3) is 0 Å². The van der Waals surface area contributed by atoms with E-state index in [1.165, 1.54) is 18.3 Å². The largest absolute Gasteiger partial charge is 0.497 e. The van der Waals surface area contributed by atoms with Crippen molar-refractivity contribution < 1.29 is 22.7 Å². The lowest BCUT2D eigenvalue weighted by atomic mass is 9.78. The maximum absolute atomic E-state index is 13.3. The molecule has 1 aromatic carbocycles. The average molecular weight is 506 g/mol. The van der Waals surface area contributed by atoms with Gasteiger partial charge < -0.3 is 15.0 Å². The third-order valence-corrected chi connectivity index (χ3v) is 9.67. The molecule has 8 nitrogen and oxygen atoms in total. The molecule has 10 heteroatoms. The Morgan fingerprint density at radius 3 is 2.53 bits per heavy atom. The van der Waals surface area contributed by atoms with E-state index in [4.69, 9.17) is 4.74 Å². The molecule has 1 atom stereocenters. The lowest BCUT2D eigenvalue weighted by Crippen LogP contribution is -2.50. The molecule has 2 amide bonds. The van der Waals surface area contributed by atoms with Crippen LogP contribution in [0.3, 0.4) is 0 Å². The molecule has 34 heavy (non-hydrogen) atoms. The van der Waals surface area contributed by atoms with Crippen LogP contribution in [0.1, 0.15) is 31.1 Å². The van der Waals surface area contributed by atoms with Gasteiger partial charge in [-0.3, -0.25) is 9.59 Å². The molecule has 0 aliphatic carbocycles. The second-order valence-electron chi connectivity index (χ2n) is 9.13. The minimum Gasteiger partial charge on any atom is -0.497 e. The Balaban J connectivity index is 1.40. The zero-order chi connectivity index (χ0) is 24.3. The van der Waals surface area contributed by atoms with Gasteiger partial charge in [-0.2, -0.15) is 4.31 Å². The first kappa shape index (κ1) is 24.7. The van der Waals surface area contributed by atoms with Crippen LogP contribution in [-0.4, -0.2) is 68.8 Å². The average Bonchev–Trinajstić information content (AvgIpc) is 3.49. The number of sulfonamides is 1. The zero-order valence-electron chi connectivity index (χ0n) is 19.5. The normalized spacial score (nSPS) is 19.2. The van der Waals surface area contributed by atoms with Gasteiger partial charge in [-0.1, -0.05) is 12.1 Å². The van der Waals surface area contributed by atoms with E-state index in [1.807, 2.05) is 22.4 Å². The number of carbonyl (C=O) groups is 2. The molecule has 1 N–H and O–H groups in total. The summed E-state index contributed by atoms with van der Waals surface area (Å²) in [6.07, 6.45) is 2.73. The Hall–Kier alpha value is -2.43. The van der Waals surface area contributed by atoms with Gasteiger partial charge in [-0.25, -0.2) is 8.42 Å². The van der Waals surface area contributed by atoms with Crippen LogP contribution in [0.4, 0.5) is 0 Å². The molecule has 184 valence electrons. The maximum Gasteiger partial charge on any atom is 0.245 e. The molecule has 0 saturated carbocycles. The highest BCUT2D eigenvalue weighted by Gasteiger charge is 2.45. The summed E-state index contributed by atoms with van der Waals surface area (Å²) >= 11 is 1.57. The van der Waals surface area contributed by atoms with Gasteiger partial charge in [-0.15, -0.1) is 11.3 Å². The topological polar surface area (TPSA) is 96.0 Å². The second kappa shape index (κ2) is 10.1. The number of ether oxygens (including phenoxy) is 1. The van der Waals surface area contributed by atoms with Gasteiger partial charge in [0.15, 0.2) is 0 Å². The number of amides is 2. The summed E-state index contributed by atoms with van der Waals surface area (Å²) in [6.45, 7) is 3.50.